The number of hydrazine groups is 1. The van der Waals surface area contributed by atoms with Crippen LogP contribution in [0.4, 0.5) is 0 Å². The first-order valence-corrected chi connectivity index (χ1v) is 11.8. The highest BCUT2D eigenvalue weighted by Gasteiger charge is 2.27. The molecule has 1 atom stereocenters. The van der Waals surface area contributed by atoms with Crippen LogP contribution in [0.5, 0.6) is 0 Å². The maximum atomic E-state index is 6.43. The van der Waals surface area contributed by atoms with Crippen molar-refractivity contribution in [1.29, 1.82) is 0 Å². The van der Waals surface area contributed by atoms with E-state index in [0.717, 1.165) is 29.1 Å². The van der Waals surface area contributed by atoms with Crippen LogP contribution >= 0.6 is 0 Å². The molecule has 0 fully saturated rings. The summed E-state index contributed by atoms with van der Waals surface area (Å²) in [4.78, 5) is 0. The Morgan fingerprint density at radius 1 is 0.912 bits per heavy atom. The minimum Gasteiger partial charge on any atom is -0.381 e. The van der Waals surface area contributed by atoms with E-state index in [2.05, 4.69) is 107 Å². The van der Waals surface area contributed by atoms with Crippen molar-refractivity contribution in [2.75, 3.05) is 0 Å². The van der Waals surface area contributed by atoms with Crippen molar-refractivity contribution in [3.63, 3.8) is 0 Å². The first-order valence-electron chi connectivity index (χ1n) is 11.8. The van der Waals surface area contributed by atoms with Crippen molar-refractivity contribution >= 4 is 11.4 Å². The van der Waals surface area contributed by atoms with Gasteiger partial charge in [-0.05, 0) is 86.6 Å². The number of rotatable bonds is 6. The molecule has 1 unspecified atom stereocenters. The molecule has 1 aliphatic heterocycles. The molecular formula is C30H36N4. The van der Waals surface area contributed by atoms with Crippen molar-refractivity contribution in [2.45, 2.75) is 54.3 Å². The second-order valence-electron chi connectivity index (χ2n) is 9.64. The Kier molecular flexibility index (Phi) is 6.54. The third-order valence-electron chi connectivity index (χ3n) is 6.72. The van der Waals surface area contributed by atoms with Crippen molar-refractivity contribution in [1.82, 2.24) is 15.6 Å². The lowest BCUT2D eigenvalue weighted by Gasteiger charge is -2.25. The lowest BCUT2D eigenvalue weighted by molar-refractivity contribution is 0.292. The highest BCUT2D eigenvalue weighted by molar-refractivity contribution is 5.71. The van der Waals surface area contributed by atoms with Gasteiger partial charge in [-0.3, -0.25) is 5.01 Å². The molecule has 4 N–H and O–H groups in total. The average Bonchev–Trinajstić information content (AvgIpc) is 3.13. The SMILES string of the molecule is C=C(NCc1c(C)cc(C)cc1C)c1cccc(C2=CN(N)C(c3c(C)cc(C)cc3C)N2)c1. The minimum atomic E-state index is -0.0897. The van der Waals surface area contributed by atoms with Crippen LogP contribution in [0.3, 0.4) is 0 Å². The second-order valence-corrected chi connectivity index (χ2v) is 9.64. The van der Waals surface area contributed by atoms with E-state index in [-0.39, 0.29) is 6.17 Å². The standard InChI is InChI=1S/C30H36N4/c1-18-11-20(3)27(21(4)12-18)16-32-24(7)25-9-8-10-26(15-25)28-17-34(31)30(33-28)29-22(5)13-19(2)14-23(29)6/h8-15,17,30,32-33H,7,16,31H2,1-6H3. The van der Waals surface area contributed by atoms with Crippen molar-refractivity contribution in [2.24, 2.45) is 5.84 Å². The topological polar surface area (TPSA) is 53.3 Å². The summed E-state index contributed by atoms with van der Waals surface area (Å²) < 4.78 is 0. The third-order valence-corrected chi connectivity index (χ3v) is 6.72. The summed E-state index contributed by atoms with van der Waals surface area (Å²) in [6.45, 7) is 18.0. The van der Waals surface area contributed by atoms with Gasteiger partial charge in [-0.25, -0.2) is 5.84 Å². The van der Waals surface area contributed by atoms with Crippen LogP contribution in [0.1, 0.15) is 61.8 Å². The molecule has 0 spiro atoms. The fourth-order valence-electron chi connectivity index (χ4n) is 5.14. The van der Waals surface area contributed by atoms with Gasteiger partial charge in [0, 0.05) is 24.0 Å². The Balaban J connectivity index is 1.51. The zero-order chi connectivity index (χ0) is 24.6. The quantitative estimate of drug-likeness (QED) is 0.397. The minimum absolute atomic E-state index is 0.0897. The second kappa shape index (κ2) is 9.40. The number of hydrogen-bond donors (Lipinski definition) is 3. The molecule has 0 bridgehead atoms. The summed E-state index contributed by atoms with van der Waals surface area (Å²) in [5, 5.41) is 8.93. The van der Waals surface area contributed by atoms with Crippen LogP contribution < -0.4 is 16.5 Å². The van der Waals surface area contributed by atoms with Crippen LogP contribution in [0.2, 0.25) is 0 Å². The summed E-state index contributed by atoms with van der Waals surface area (Å²) in [5.74, 6) is 6.43. The Labute approximate surface area is 204 Å². The molecule has 0 aliphatic carbocycles. The number of nitrogens with two attached hydrogens (primary N) is 1. The Bertz CT molecular complexity index is 1240. The number of nitrogens with zero attached hydrogens (tertiary/aromatic N) is 1. The number of nitrogens with one attached hydrogen (secondary N) is 2. The number of aryl methyl sites for hydroxylation is 6. The Morgan fingerprint density at radius 2 is 1.50 bits per heavy atom. The molecular weight excluding hydrogens is 416 g/mol. The highest BCUT2D eigenvalue weighted by Crippen LogP contribution is 2.32. The molecule has 4 heteroatoms. The van der Waals surface area contributed by atoms with Gasteiger partial charge in [0.05, 0.1) is 5.70 Å². The number of benzene rings is 3. The van der Waals surface area contributed by atoms with Crippen molar-refractivity contribution in [3.05, 3.63) is 117 Å². The first-order chi connectivity index (χ1) is 16.1. The molecule has 3 aromatic rings. The Hall–Kier alpha value is -3.50. The molecule has 0 aromatic heterocycles. The molecule has 0 saturated heterocycles. The maximum absolute atomic E-state index is 6.43. The third kappa shape index (κ3) is 4.73. The molecule has 4 nitrogen and oxygen atoms in total. The molecule has 1 aliphatic rings. The fraction of sp³-hybridized carbons (Fsp3) is 0.267. The van der Waals surface area contributed by atoms with Gasteiger partial charge in [-0.15, -0.1) is 0 Å². The summed E-state index contributed by atoms with van der Waals surface area (Å²) >= 11 is 0. The van der Waals surface area contributed by atoms with E-state index >= 15 is 0 Å². The van der Waals surface area contributed by atoms with Gasteiger partial charge >= 0.3 is 0 Å². The van der Waals surface area contributed by atoms with E-state index in [1.54, 1.807) is 5.01 Å². The van der Waals surface area contributed by atoms with Gasteiger partial charge in [0.1, 0.15) is 6.17 Å². The predicted molar refractivity (Wildman–Crippen MR) is 144 cm³/mol. The first kappa shape index (κ1) is 23.7. The van der Waals surface area contributed by atoms with E-state index in [4.69, 9.17) is 5.84 Å². The van der Waals surface area contributed by atoms with E-state index < -0.39 is 0 Å². The van der Waals surface area contributed by atoms with Gasteiger partial charge in [0.15, 0.2) is 0 Å². The fourth-order valence-corrected chi connectivity index (χ4v) is 5.14. The maximum Gasteiger partial charge on any atom is 0.140 e. The lowest BCUT2D eigenvalue weighted by atomic mass is 9.97. The summed E-state index contributed by atoms with van der Waals surface area (Å²) in [5.41, 5.74) is 14.3. The largest absolute Gasteiger partial charge is 0.381 e. The van der Waals surface area contributed by atoms with E-state index in [1.165, 1.54) is 44.5 Å². The van der Waals surface area contributed by atoms with E-state index in [0.29, 0.717) is 0 Å². The van der Waals surface area contributed by atoms with E-state index in [1.807, 2.05) is 6.20 Å². The van der Waals surface area contributed by atoms with Crippen LogP contribution in [0, 0.1) is 41.5 Å². The van der Waals surface area contributed by atoms with Crippen LogP contribution in [0.15, 0.2) is 61.3 Å². The molecule has 4 rings (SSSR count). The summed E-state index contributed by atoms with van der Waals surface area (Å²) in [6.07, 6.45) is 1.89. The van der Waals surface area contributed by atoms with Crippen LogP contribution in [-0.2, 0) is 6.54 Å². The molecule has 3 aromatic carbocycles. The zero-order valence-electron chi connectivity index (χ0n) is 21.2. The van der Waals surface area contributed by atoms with Gasteiger partial charge in [-0.1, -0.05) is 60.2 Å². The number of hydrogen-bond acceptors (Lipinski definition) is 4. The predicted octanol–water partition coefficient (Wildman–Crippen LogP) is 6.07. The average molecular weight is 453 g/mol. The zero-order valence-corrected chi connectivity index (χ0v) is 21.2. The molecule has 0 radical (unpaired) electrons. The van der Waals surface area contributed by atoms with Gasteiger partial charge in [-0.2, -0.15) is 0 Å². The molecule has 176 valence electrons. The van der Waals surface area contributed by atoms with Gasteiger partial charge in [0.25, 0.3) is 0 Å². The van der Waals surface area contributed by atoms with Crippen LogP contribution in [-0.4, -0.2) is 5.01 Å². The van der Waals surface area contributed by atoms with Crippen molar-refractivity contribution < 1.29 is 0 Å². The monoisotopic (exact) mass is 452 g/mol. The van der Waals surface area contributed by atoms with Gasteiger partial charge in [0.2, 0.25) is 0 Å². The van der Waals surface area contributed by atoms with E-state index in [9.17, 15) is 0 Å². The van der Waals surface area contributed by atoms with Gasteiger partial charge < -0.3 is 10.6 Å². The Morgan fingerprint density at radius 3 is 2.12 bits per heavy atom. The lowest BCUT2D eigenvalue weighted by Crippen LogP contribution is -2.33. The highest BCUT2D eigenvalue weighted by atomic mass is 15.5. The van der Waals surface area contributed by atoms with Crippen LogP contribution in [0.25, 0.3) is 11.4 Å². The molecule has 0 saturated carbocycles. The van der Waals surface area contributed by atoms with Crippen molar-refractivity contribution in [3.8, 4) is 0 Å². The summed E-state index contributed by atoms with van der Waals surface area (Å²) in [6, 6.07) is 17.3. The molecule has 34 heavy (non-hydrogen) atoms. The molecule has 0 amide bonds. The summed E-state index contributed by atoms with van der Waals surface area (Å²) in [7, 11) is 0. The molecule has 1 heterocycles. The smallest absolute Gasteiger partial charge is 0.140 e. The normalized spacial score (nSPS) is 15.2.